The van der Waals surface area contributed by atoms with Crippen LogP contribution in [0.3, 0.4) is 0 Å². The molecule has 1 aromatic carbocycles. The second-order valence-corrected chi connectivity index (χ2v) is 5.83. The minimum absolute atomic E-state index is 0.00906. The van der Waals surface area contributed by atoms with E-state index in [1.807, 2.05) is 6.92 Å². The summed E-state index contributed by atoms with van der Waals surface area (Å²) < 4.78 is 31.9. The highest BCUT2D eigenvalue weighted by molar-refractivity contribution is 5.20. The third-order valence-corrected chi connectivity index (χ3v) is 4.12. The number of hydrogen-bond donors (Lipinski definition) is 1. The van der Waals surface area contributed by atoms with Crippen molar-refractivity contribution in [3.63, 3.8) is 0 Å². The summed E-state index contributed by atoms with van der Waals surface area (Å²) >= 11 is 0. The lowest BCUT2D eigenvalue weighted by atomic mass is 9.98. The highest BCUT2D eigenvalue weighted by Gasteiger charge is 2.13. The van der Waals surface area contributed by atoms with Gasteiger partial charge in [0.05, 0.1) is 6.10 Å². The van der Waals surface area contributed by atoms with Crippen LogP contribution in [0.1, 0.15) is 57.1 Å². The quantitative estimate of drug-likeness (QED) is 0.755. The van der Waals surface area contributed by atoms with Crippen molar-refractivity contribution in [3.8, 4) is 0 Å². The Morgan fingerprint density at radius 1 is 1.19 bits per heavy atom. The lowest BCUT2D eigenvalue weighted by Crippen LogP contribution is -2.23. The van der Waals surface area contributed by atoms with Gasteiger partial charge >= 0.3 is 0 Å². The Bertz CT molecular complexity index is 433. The standard InChI is InChI=1S/C17H25F2NO/c1-13(14-8-9-16(18)17(19)12-14)20-10-5-11-21-15-6-3-2-4-7-15/h8-9,12-13,15,20H,2-7,10-11H2,1H3. The fraction of sp³-hybridized carbons (Fsp3) is 0.647. The number of benzene rings is 1. The first-order valence-electron chi connectivity index (χ1n) is 7.97. The van der Waals surface area contributed by atoms with Crippen LogP contribution in [0.25, 0.3) is 0 Å². The summed E-state index contributed by atoms with van der Waals surface area (Å²) in [5.74, 6) is -1.59. The average molecular weight is 297 g/mol. The lowest BCUT2D eigenvalue weighted by Gasteiger charge is -2.22. The highest BCUT2D eigenvalue weighted by atomic mass is 19.2. The van der Waals surface area contributed by atoms with E-state index < -0.39 is 11.6 Å². The summed E-state index contributed by atoms with van der Waals surface area (Å²) in [6, 6.07) is 4.06. The molecule has 1 saturated carbocycles. The number of hydrogen-bond acceptors (Lipinski definition) is 2. The van der Waals surface area contributed by atoms with Gasteiger partial charge in [0.15, 0.2) is 11.6 Å². The van der Waals surface area contributed by atoms with E-state index in [1.54, 1.807) is 6.07 Å². The number of halogens is 2. The van der Waals surface area contributed by atoms with E-state index in [4.69, 9.17) is 4.74 Å². The largest absolute Gasteiger partial charge is 0.378 e. The average Bonchev–Trinajstić information content (AvgIpc) is 2.50. The number of ether oxygens (including phenoxy) is 1. The van der Waals surface area contributed by atoms with E-state index in [9.17, 15) is 8.78 Å². The van der Waals surface area contributed by atoms with Crippen molar-refractivity contribution in [1.29, 1.82) is 0 Å². The third kappa shape index (κ3) is 5.36. The fourth-order valence-corrected chi connectivity index (χ4v) is 2.77. The molecule has 0 radical (unpaired) electrons. The van der Waals surface area contributed by atoms with Gasteiger partial charge in [0.25, 0.3) is 0 Å². The molecule has 1 aliphatic rings. The Hall–Kier alpha value is -1.00. The molecule has 1 fully saturated rings. The fourth-order valence-electron chi connectivity index (χ4n) is 2.77. The maximum atomic E-state index is 13.2. The molecule has 0 aromatic heterocycles. The van der Waals surface area contributed by atoms with Crippen LogP contribution in [0.4, 0.5) is 8.78 Å². The van der Waals surface area contributed by atoms with Gasteiger partial charge in [0, 0.05) is 12.6 Å². The molecular weight excluding hydrogens is 272 g/mol. The molecule has 1 N–H and O–H groups in total. The summed E-state index contributed by atoms with van der Waals surface area (Å²) in [4.78, 5) is 0. The Labute approximate surface area is 125 Å². The molecule has 4 heteroatoms. The Balaban J connectivity index is 1.62. The van der Waals surface area contributed by atoms with E-state index in [0.717, 1.165) is 25.1 Å². The van der Waals surface area contributed by atoms with Crippen LogP contribution in [-0.4, -0.2) is 19.3 Å². The first-order valence-corrected chi connectivity index (χ1v) is 7.97. The van der Waals surface area contributed by atoms with Crippen molar-refractivity contribution in [2.45, 2.75) is 57.6 Å². The zero-order valence-electron chi connectivity index (χ0n) is 12.7. The van der Waals surface area contributed by atoms with Crippen molar-refractivity contribution in [2.75, 3.05) is 13.2 Å². The second-order valence-electron chi connectivity index (χ2n) is 5.83. The molecule has 0 amide bonds. The minimum atomic E-state index is -0.799. The van der Waals surface area contributed by atoms with Crippen LogP contribution >= 0.6 is 0 Å². The predicted octanol–water partition coefficient (Wildman–Crippen LogP) is 4.35. The zero-order valence-corrected chi connectivity index (χ0v) is 12.7. The van der Waals surface area contributed by atoms with Crippen LogP contribution in [0, 0.1) is 11.6 Å². The van der Waals surface area contributed by atoms with Crippen molar-refractivity contribution in [1.82, 2.24) is 5.32 Å². The van der Waals surface area contributed by atoms with Gasteiger partial charge in [-0.05, 0) is 50.4 Å². The molecule has 0 bridgehead atoms. The van der Waals surface area contributed by atoms with Crippen LogP contribution in [0.15, 0.2) is 18.2 Å². The topological polar surface area (TPSA) is 21.3 Å². The first-order chi connectivity index (χ1) is 10.2. The van der Waals surface area contributed by atoms with E-state index in [1.165, 1.54) is 44.2 Å². The molecule has 0 spiro atoms. The van der Waals surface area contributed by atoms with Gasteiger partial charge in [-0.1, -0.05) is 25.3 Å². The monoisotopic (exact) mass is 297 g/mol. The summed E-state index contributed by atoms with van der Waals surface area (Å²) in [6.45, 7) is 3.53. The predicted molar refractivity (Wildman–Crippen MR) is 80.2 cm³/mol. The maximum Gasteiger partial charge on any atom is 0.159 e. The van der Waals surface area contributed by atoms with Gasteiger partial charge in [-0.2, -0.15) is 0 Å². The van der Waals surface area contributed by atoms with E-state index in [2.05, 4.69) is 5.32 Å². The Morgan fingerprint density at radius 2 is 1.95 bits per heavy atom. The Morgan fingerprint density at radius 3 is 2.67 bits per heavy atom. The van der Waals surface area contributed by atoms with Gasteiger partial charge in [-0.3, -0.25) is 0 Å². The highest BCUT2D eigenvalue weighted by Crippen LogP contribution is 2.20. The molecule has 21 heavy (non-hydrogen) atoms. The third-order valence-electron chi connectivity index (χ3n) is 4.12. The molecule has 2 nitrogen and oxygen atoms in total. The molecule has 0 aliphatic heterocycles. The second kappa shape index (κ2) is 8.44. The van der Waals surface area contributed by atoms with Gasteiger partial charge in [-0.15, -0.1) is 0 Å². The SMILES string of the molecule is CC(NCCCOC1CCCCC1)c1ccc(F)c(F)c1. The molecule has 1 unspecified atom stereocenters. The maximum absolute atomic E-state index is 13.2. The number of rotatable bonds is 7. The molecule has 1 atom stereocenters. The molecule has 0 saturated heterocycles. The molecule has 2 rings (SSSR count). The van der Waals surface area contributed by atoms with E-state index >= 15 is 0 Å². The van der Waals surface area contributed by atoms with Crippen LogP contribution in [0.5, 0.6) is 0 Å². The molecule has 1 aromatic rings. The van der Waals surface area contributed by atoms with Crippen molar-refractivity contribution in [2.24, 2.45) is 0 Å². The summed E-state index contributed by atoms with van der Waals surface area (Å²) in [5, 5.41) is 3.31. The first kappa shape index (κ1) is 16.4. The van der Waals surface area contributed by atoms with Crippen molar-refractivity contribution < 1.29 is 13.5 Å². The molecule has 118 valence electrons. The van der Waals surface area contributed by atoms with Crippen molar-refractivity contribution in [3.05, 3.63) is 35.4 Å². The van der Waals surface area contributed by atoms with E-state index in [-0.39, 0.29) is 6.04 Å². The van der Waals surface area contributed by atoms with Crippen molar-refractivity contribution >= 4 is 0 Å². The zero-order chi connectivity index (χ0) is 15.1. The summed E-state index contributed by atoms with van der Waals surface area (Å²) in [7, 11) is 0. The summed E-state index contributed by atoms with van der Waals surface area (Å²) in [5.41, 5.74) is 0.766. The van der Waals surface area contributed by atoms with E-state index in [0.29, 0.717) is 6.10 Å². The van der Waals surface area contributed by atoms with Gasteiger partial charge in [-0.25, -0.2) is 8.78 Å². The molecular formula is C17H25F2NO. The van der Waals surface area contributed by atoms with Crippen LogP contribution in [0.2, 0.25) is 0 Å². The van der Waals surface area contributed by atoms with Crippen LogP contribution in [-0.2, 0) is 4.74 Å². The van der Waals surface area contributed by atoms with Gasteiger partial charge < -0.3 is 10.1 Å². The smallest absolute Gasteiger partial charge is 0.159 e. The number of nitrogens with one attached hydrogen (secondary N) is 1. The lowest BCUT2D eigenvalue weighted by molar-refractivity contribution is 0.0271. The van der Waals surface area contributed by atoms with Gasteiger partial charge in [0.1, 0.15) is 0 Å². The van der Waals surface area contributed by atoms with Crippen LogP contribution < -0.4 is 5.32 Å². The normalized spacial score (nSPS) is 17.9. The molecule has 1 aliphatic carbocycles. The molecule has 0 heterocycles. The summed E-state index contributed by atoms with van der Waals surface area (Å²) in [6.07, 6.45) is 7.68. The Kier molecular flexibility index (Phi) is 6.58. The van der Waals surface area contributed by atoms with Gasteiger partial charge in [0.2, 0.25) is 0 Å². The minimum Gasteiger partial charge on any atom is -0.378 e.